The predicted octanol–water partition coefficient (Wildman–Crippen LogP) is 3.76. The fourth-order valence-corrected chi connectivity index (χ4v) is 2.55. The first kappa shape index (κ1) is 13.1. The largest absolute Gasteiger partial charge is 0.284 e. The molecule has 19 heavy (non-hydrogen) atoms. The molecule has 0 saturated heterocycles. The van der Waals surface area contributed by atoms with Gasteiger partial charge in [0.05, 0.1) is 21.5 Å². The van der Waals surface area contributed by atoms with Crippen molar-refractivity contribution in [1.29, 1.82) is 5.26 Å². The molecule has 0 amide bonds. The van der Waals surface area contributed by atoms with Crippen LogP contribution in [0.25, 0.3) is 0 Å². The Bertz CT molecular complexity index is 636. The Morgan fingerprint density at radius 2 is 1.95 bits per heavy atom. The minimum atomic E-state index is -0.450. The standard InChI is InChI=1S/C14H10N2O2S/c15-9-12-6-7-14(13(8-12)16(17)18)19-10-11-4-2-1-3-5-11/h1-8H,10H2. The van der Waals surface area contributed by atoms with Crippen LogP contribution in [-0.2, 0) is 5.75 Å². The van der Waals surface area contributed by atoms with Gasteiger partial charge in [-0.1, -0.05) is 30.3 Å². The molecule has 0 fully saturated rings. The van der Waals surface area contributed by atoms with Crippen molar-refractivity contribution in [3.8, 4) is 6.07 Å². The zero-order chi connectivity index (χ0) is 13.7. The average Bonchev–Trinajstić information content (AvgIpc) is 2.46. The monoisotopic (exact) mass is 270 g/mol. The molecule has 0 bridgehead atoms. The lowest BCUT2D eigenvalue weighted by Crippen LogP contribution is -1.92. The van der Waals surface area contributed by atoms with E-state index in [2.05, 4.69) is 0 Å². The summed E-state index contributed by atoms with van der Waals surface area (Å²) in [6.07, 6.45) is 0. The molecule has 0 N–H and O–H groups in total. The van der Waals surface area contributed by atoms with E-state index in [1.54, 1.807) is 12.1 Å². The van der Waals surface area contributed by atoms with Crippen molar-refractivity contribution in [2.45, 2.75) is 10.6 Å². The fraction of sp³-hybridized carbons (Fsp3) is 0.0714. The van der Waals surface area contributed by atoms with Crippen LogP contribution in [0.4, 0.5) is 5.69 Å². The van der Waals surface area contributed by atoms with E-state index >= 15 is 0 Å². The summed E-state index contributed by atoms with van der Waals surface area (Å²) in [6, 6.07) is 16.2. The number of nitro groups is 1. The summed E-state index contributed by atoms with van der Waals surface area (Å²) in [5.41, 5.74) is 1.39. The van der Waals surface area contributed by atoms with Crippen molar-refractivity contribution in [3.05, 3.63) is 69.8 Å². The SMILES string of the molecule is N#Cc1ccc(SCc2ccccc2)c([N+](=O)[O-])c1. The number of nitrogens with zero attached hydrogens (tertiary/aromatic N) is 2. The van der Waals surface area contributed by atoms with E-state index in [0.717, 1.165) is 5.56 Å². The van der Waals surface area contributed by atoms with Gasteiger partial charge in [0.15, 0.2) is 0 Å². The average molecular weight is 270 g/mol. The Hall–Kier alpha value is -2.32. The molecule has 0 aromatic heterocycles. The highest BCUT2D eigenvalue weighted by Gasteiger charge is 2.15. The molecule has 0 spiro atoms. The normalized spacial score (nSPS) is 9.84. The molecular formula is C14H10N2O2S. The van der Waals surface area contributed by atoms with Crippen LogP contribution in [0.2, 0.25) is 0 Å². The zero-order valence-electron chi connectivity index (χ0n) is 9.95. The molecule has 2 aromatic rings. The number of nitriles is 1. The van der Waals surface area contributed by atoms with Gasteiger partial charge in [0.25, 0.3) is 5.69 Å². The van der Waals surface area contributed by atoms with Gasteiger partial charge in [-0.25, -0.2) is 0 Å². The molecule has 94 valence electrons. The van der Waals surface area contributed by atoms with Crippen LogP contribution >= 0.6 is 11.8 Å². The van der Waals surface area contributed by atoms with Crippen LogP contribution < -0.4 is 0 Å². The number of benzene rings is 2. The van der Waals surface area contributed by atoms with Gasteiger partial charge in [0.1, 0.15) is 0 Å². The first-order valence-electron chi connectivity index (χ1n) is 5.56. The highest BCUT2D eigenvalue weighted by Crippen LogP contribution is 2.32. The number of rotatable bonds is 4. The Morgan fingerprint density at radius 1 is 1.21 bits per heavy atom. The van der Waals surface area contributed by atoms with E-state index in [9.17, 15) is 10.1 Å². The number of thioether (sulfide) groups is 1. The predicted molar refractivity (Wildman–Crippen MR) is 73.8 cm³/mol. The van der Waals surface area contributed by atoms with Crippen molar-refractivity contribution in [2.75, 3.05) is 0 Å². The van der Waals surface area contributed by atoms with Crippen LogP contribution in [0, 0.1) is 21.4 Å². The molecule has 0 aliphatic carbocycles. The van der Waals surface area contributed by atoms with Gasteiger partial charge in [-0.2, -0.15) is 5.26 Å². The van der Waals surface area contributed by atoms with Crippen molar-refractivity contribution in [1.82, 2.24) is 0 Å². The van der Waals surface area contributed by atoms with Gasteiger partial charge in [0.2, 0.25) is 0 Å². The third-order valence-electron chi connectivity index (χ3n) is 2.52. The molecule has 5 heteroatoms. The summed E-state index contributed by atoms with van der Waals surface area (Å²) < 4.78 is 0. The molecule has 0 aliphatic rings. The highest BCUT2D eigenvalue weighted by molar-refractivity contribution is 7.98. The molecule has 0 unspecified atom stereocenters. The van der Waals surface area contributed by atoms with E-state index in [1.807, 2.05) is 36.4 Å². The van der Waals surface area contributed by atoms with E-state index in [0.29, 0.717) is 16.2 Å². The quantitative estimate of drug-likeness (QED) is 0.482. The van der Waals surface area contributed by atoms with Crippen molar-refractivity contribution in [3.63, 3.8) is 0 Å². The molecule has 2 aromatic carbocycles. The minimum absolute atomic E-state index is 0.0139. The molecule has 0 aliphatic heterocycles. The van der Waals surface area contributed by atoms with E-state index in [4.69, 9.17) is 5.26 Å². The van der Waals surface area contributed by atoms with Crippen LogP contribution in [0.1, 0.15) is 11.1 Å². The van der Waals surface area contributed by atoms with Crippen LogP contribution in [0.3, 0.4) is 0 Å². The second kappa shape index (κ2) is 6.03. The van der Waals surface area contributed by atoms with Crippen molar-refractivity contribution < 1.29 is 4.92 Å². The van der Waals surface area contributed by atoms with Crippen LogP contribution in [-0.4, -0.2) is 4.92 Å². The van der Waals surface area contributed by atoms with Crippen molar-refractivity contribution in [2.24, 2.45) is 0 Å². The van der Waals surface area contributed by atoms with Gasteiger partial charge >= 0.3 is 0 Å². The summed E-state index contributed by atoms with van der Waals surface area (Å²) in [5.74, 6) is 0.660. The minimum Gasteiger partial charge on any atom is -0.258 e. The molecule has 0 atom stereocenters. The molecule has 4 nitrogen and oxygen atoms in total. The summed E-state index contributed by atoms with van der Waals surface area (Å²) in [6.45, 7) is 0. The summed E-state index contributed by atoms with van der Waals surface area (Å²) in [5, 5.41) is 19.7. The lowest BCUT2D eigenvalue weighted by atomic mass is 10.2. The Labute approximate surface area is 114 Å². The molecular weight excluding hydrogens is 260 g/mol. The number of hydrogen-bond donors (Lipinski definition) is 0. The molecule has 0 radical (unpaired) electrons. The summed E-state index contributed by atoms with van der Waals surface area (Å²) in [7, 11) is 0. The Kier molecular flexibility index (Phi) is 4.16. The summed E-state index contributed by atoms with van der Waals surface area (Å²) >= 11 is 1.40. The van der Waals surface area contributed by atoms with Gasteiger partial charge in [-0.05, 0) is 17.7 Å². The lowest BCUT2D eigenvalue weighted by molar-refractivity contribution is -0.387. The third-order valence-corrected chi connectivity index (χ3v) is 3.66. The Balaban J connectivity index is 2.21. The second-order valence-corrected chi connectivity index (χ2v) is 4.84. The molecule has 0 heterocycles. The number of nitro benzene ring substituents is 1. The number of hydrogen-bond acceptors (Lipinski definition) is 4. The van der Waals surface area contributed by atoms with Gasteiger partial charge < -0.3 is 0 Å². The second-order valence-electron chi connectivity index (χ2n) is 3.83. The Morgan fingerprint density at radius 3 is 2.58 bits per heavy atom. The zero-order valence-corrected chi connectivity index (χ0v) is 10.8. The van der Waals surface area contributed by atoms with Gasteiger partial charge in [-0.3, -0.25) is 10.1 Å². The topological polar surface area (TPSA) is 66.9 Å². The van der Waals surface area contributed by atoms with Crippen molar-refractivity contribution >= 4 is 17.4 Å². The van der Waals surface area contributed by atoms with E-state index in [-0.39, 0.29) is 5.69 Å². The van der Waals surface area contributed by atoms with Crippen LogP contribution in [0.15, 0.2) is 53.4 Å². The van der Waals surface area contributed by atoms with Crippen LogP contribution in [0.5, 0.6) is 0 Å². The van der Waals surface area contributed by atoms with Gasteiger partial charge in [0, 0.05) is 11.8 Å². The van der Waals surface area contributed by atoms with E-state index < -0.39 is 4.92 Å². The highest BCUT2D eigenvalue weighted by atomic mass is 32.2. The van der Waals surface area contributed by atoms with E-state index in [1.165, 1.54) is 17.8 Å². The smallest absolute Gasteiger partial charge is 0.258 e. The first-order chi connectivity index (χ1) is 9.20. The van der Waals surface area contributed by atoms with Gasteiger partial charge in [-0.15, -0.1) is 11.8 Å². The lowest BCUT2D eigenvalue weighted by Gasteiger charge is -2.03. The maximum atomic E-state index is 11.0. The maximum absolute atomic E-state index is 11.0. The maximum Gasteiger partial charge on any atom is 0.284 e. The molecule has 2 rings (SSSR count). The molecule has 0 saturated carbocycles. The summed E-state index contributed by atoms with van der Waals surface area (Å²) in [4.78, 5) is 11.1. The third kappa shape index (κ3) is 3.33. The fourth-order valence-electron chi connectivity index (χ4n) is 1.59. The first-order valence-corrected chi connectivity index (χ1v) is 6.54.